The Morgan fingerprint density at radius 3 is 3.00 bits per heavy atom. The van der Waals surface area contributed by atoms with E-state index in [0.29, 0.717) is 18.1 Å². The SMILES string of the molecule is CC(C)n1cnc2cnc(Nc3ccnc(N4CCC5OCCC5C4)n3)cc21. The second-order valence-corrected chi connectivity index (χ2v) is 7.86. The van der Waals surface area contributed by atoms with Crippen molar-refractivity contribution < 1.29 is 4.74 Å². The normalized spacial score (nSPS) is 22.0. The number of nitrogens with zero attached hydrogens (tertiary/aromatic N) is 6. The summed E-state index contributed by atoms with van der Waals surface area (Å²) in [5.41, 5.74) is 1.95. The highest BCUT2D eigenvalue weighted by Gasteiger charge is 2.34. The molecule has 28 heavy (non-hydrogen) atoms. The van der Waals surface area contributed by atoms with Crippen molar-refractivity contribution in [1.82, 2.24) is 24.5 Å². The highest BCUT2D eigenvalue weighted by atomic mass is 16.5. The Hall–Kier alpha value is -2.74. The maximum atomic E-state index is 5.80. The molecule has 2 aliphatic rings. The summed E-state index contributed by atoms with van der Waals surface area (Å²) in [6.45, 7) is 7.06. The Bertz CT molecular complexity index is 986. The Morgan fingerprint density at radius 1 is 1.18 bits per heavy atom. The van der Waals surface area contributed by atoms with E-state index in [2.05, 4.69) is 43.6 Å². The predicted molar refractivity (Wildman–Crippen MR) is 108 cm³/mol. The van der Waals surface area contributed by atoms with Gasteiger partial charge in [0, 0.05) is 43.9 Å². The van der Waals surface area contributed by atoms with E-state index in [4.69, 9.17) is 9.72 Å². The summed E-state index contributed by atoms with van der Waals surface area (Å²) in [5.74, 6) is 2.86. The first-order valence-electron chi connectivity index (χ1n) is 9.96. The minimum Gasteiger partial charge on any atom is -0.378 e. The zero-order valence-corrected chi connectivity index (χ0v) is 16.2. The molecule has 8 nitrogen and oxygen atoms in total. The van der Waals surface area contributed by atoms with Gasteiger partial charge in [-0.2, -0.15) is 4.98 Å². The number of anilines is 3. The number of nitrogens with one attached hydrogen (secondary N) is 1. The molecule has 0 aliphatic carbocycles. The highest BCUT2D eigenvalue weighted by molar-refractivity contribution is 5.78. The molecular weight excluding hydrogens is 354 g/mol. The minimum absolute atomic E-state index is 0.341. The van der Waals surface area contributed by atoms with Crippen LogP contribution < -0.4 is 10.2 Å². The Morgan fingerprint density at radius 2 is 2.11 bits per heavy atom. The van der Waals surface area contributed by atoms with Crippen LogP contribution >= 0.6 is 0 Å². The van der Waals surface area contributed by atoms with E-state index in [0.717, 1.165) is 61.2 Å². The van der Waals surface area contributed by atoms with Crippen molar-refractivity contribution in [3.8, 4) is 0 Å². The molecular formula is C20H25N7O. The van der Waals surface area contributed by atoms with Crippen LogP contribution in [0, 0.1) is 5.92 Å². The van der Waals surface area contributed by atoms with Gasteiger partial charge in [-0.3, -0.25) is 0 Å². The van der Waals surface area contributed by atoms with Crippen molar-refractivity contribution >= 4 is 28.6 Å². The standard InChI is InChI=1S/C20H25N7O/c1-13(2)27-12-23-15-10-22-19(9-16(15)27)24-18-3-6-21-20(25-18)26-7-4-17-14(11-26)5-8-28-17/h3,6,9-10,12-14,17H,4-5,7-8,11H2,1-2H3,(H,21,22,24,25). The zero-order chi connectivity index (χ0) is 19.1. The van der Waals surface area contributed by atoms with Crippen LogP contribution in [-0.2, 0) is 4.74 Å². The summed E-state index contributed by atoms with van der Waals surface area (Å²) >= 11 is 0. The third kappa shape index (κ3) is 3.17. The number of ether oxygens (including phenoxy) is 1. The maximum Gasteiger partial charge on any atom is 0.227 e. The molecule has 2 atom stereocenters. The second-order valence-electron chi connectivity index (χ2n) is 7.86. The number of pyridine rings is 1. The van der Waals surface area contributed by atoms with Crippen LogP contribution in [0.2, 0.25) is 0 Å². The quantitative estimate of drug-likeness (QED) is 0.746. The van der Waals surface area contributed by atoms with Gasteiger partial charge in [0.1, 0.15) is 17.2 Å². The van der Waals surface area contributed by atoms with Gasteiger partial charge in [-0.25, -0.2) is 15.0 Å². The van der Waals surface area contributed by atoms with Gasteiger partial charge < -0.3 is 19.5 Å². The molecule has 0 bridgehead atoms. The summed E-state index contributed by atoms with van der Waals surface area (Å²) < 4.78 is 7.94. The first-order chi connectivity index (χ1) is 13.7. The second kappa shape index (κ2) is 7.01. The zero-order valence-electron chi connectivity index (χ0n) is 16.2. The van der Waals surface area contributed by atoms with E-state index in [1.807, 2.05) is 18.5 Å². The number of rotatable bonds is 4. The van der Waals surface area contributed by atoms with Crippen molar-refractivity contribution in [1.29, 1.82) is 0 Å². The summed E-state index contributed by atoms with van der Waals surface area (Å²) in [5, 5.41) is 3.32. The third-order valence-electron chi connectivity index (χ3n) is 5.68. The molecule has 2 unspecified atom stereocenters. The third-order valence-corrected chi connectivity index (χ3v) is 5.68. The van der Waals surface area contributed by atoms with Gasteiger partial charge in [-0.15, -0.1) is 0 Å². The molecule has 0 saturated carbocycles. The Labute approximate surface area is 164 Å². The molecule has 2 saturated heterocycles. The number of fused-ring (bicyclic) bond motifs is 2. The van der Waals surface area contributed by atoms with Crippen LogP contribution in [0.4, 0.5) is 17.6 Å². The fraction of sp³-hybridized carbons (Fsp3) is 0.500. The van der Waals surface area contributed by atoms with E-state index < -0.39 is 0 Å². The van der Waals surface area contributed by atoms with Gasteiger partial charge >= 0.3 is 0 Å². The van der Waals surface area contributed by atoms with Crippen molar-refractivity contribution in [2.75, 3.05) is 29.9 Å². The number of hydrogen-bond acceptors (Lipinski definition) is 7. The van der Waals surface area contributed by atoms with Gasteiger partial charge in [0.15, 0.2) is 0 Å². The first kappa shape index (κ1) is 17.4. The molecule has 5 heterocycles. The molecule has 5 rings (SSSR count). The fourth-order valence-electron chi connectivity index (χ4n) is 4.17. The molecule has 2 fully saturated rings. The van der Waals surface area contributed by atoms with Crippen molar-refractivity contribution in [2.45, 2.75) is 38.8 Å². The Balaban J connectivity index is 1.36. The molecule has 0 radical (unpaired) electrons. The molecule has 3 aromatic rings. The summed E-state index contributed by atoms with van der Waals surface area (Å²) in [7, 11) is 0. The lowest BCUT2D eigenvalue weighted by Gasteiger charge is -2.34. The average Bonchev–Trinajstić information content (AvgIpc) is 3.34. The van der Waals surface area contributed by atoms with Gasteiger partial charge in [0.05, 0.1) is 24.1 Å². The average molecular weight is 379 g/mol. The summed E-state index contributed by atoms with van der Waals surface area (Å²) in [6.07, 6.45) is 8.05. The minimum atomic E-state index is 0.341. The summed E-state index contributed by atoms with van der Waals surface area (Å²) in [6, 6.07) is 4.24. The van der Waals surface area contributed by atoms with Gasteiger partial charge in [0.2, 0.25) is 5.95 Å². The first-order valence-corrected chi connectivity index (χ1v) is 9.96. The number of aromatic nitrogens is 5. The molecule has 8 heteroatoms. The smallest absolute Gasteiger partial charge is 0.227 e. The maximum absolute atomic E-state index is 5.80. The molecule has 1 N–H and O–H groups in total. The van der Waals surface area contributed by atoms with Crippen LogP contribution in [0.3, 0.4) is 0 Å². The van der Waals surface area contributed by atoms with Crippen LogP contribution in [0.15, 0.2) is 30.9 Å². The van der Waals surface area contributed by atoms with Crippen molar-refractivity contribution in [2.24, 2.45) is 5.92 Å². The van der Waals surface area contributed by atoms with Gasteiger partial charge in [0.25, 0.3) is 0 Å². The topological polar surface area (TPSA) is 81.0 Å². The molecule has 0 aromatic carbocycles. The number of imidazole rings is 1. The van der Waals surface area contributed by atoms with E-state index >= 15 is 0 Å². The van der Waals surface area contributed by atoms with E-state index in [1.54, 1.807) is 12.4 Å². The van der Waals surface area contributed by atoms with Crippen LogP contribution in [0.25, 0.3) is 11.0 Å². The van der Waals surface area contributed by atoms with Crippen molar-refractivity contribution in [3.63, 3.8) is 0 Å². The monoisotopic (exact) mass is 379 g/mol. The molecule has 0 spiro atoms. The largest absolute Gasteiger partial charge is 0.378 e. The Kier molecular flexibility index (Phi) is 4.35. The summed E-state index contributed by atoms with van der Waals surface area (Å²) in [4.78, 5) is 20.4. The van der Waals surface area contributed by atoms with E-state index in [9.17, 15) is 0 Å². The van der Waals surface area contributed by atoms with Crippen molar-refractivity contribution in [3.05, 3.63) is 30.9 Å². The molecule has 146 valence electrons. The molecule has 0 amide bonds. The van der Waals surface area contributed by atoms with E-state index in [1.165, 1.54) is 0 Å². The fourth-order valence-corrected chi connectivity index (χ4v) is 4.17. The number of piperidine rings is 1. The van der Waals surface area contributed by atoms with E-state index in [-0.39, 0.29) is 0 Å². The lowest BCUT2D eigenvalue weighted by molar-refractivity contribution is 0.0770. The molecule has 2 aliphatic heterocycles. The van der Waals surface area contributed by atoms with Crippen LogP contribution in [0.5, 0.6) is 0 Å². The van der Waals surface area contributed by atoms with Gasteiger partial charge in [-0.05, 0) is 32.8 Å². The number of hydrogen-bond donors (Lipinski definition) is 1. The van der Waals surface area contributed by atoms with Crippen LogP contribution in [0.1, 0.15) is 32.7 Å². The lowest BCUT2D eigenvalue weighted by atomic mass is 9.94. The van der Waals surface area contributed by atoms with Crippen LogP contribution in [-0.4, -0.2) is 50.3 Å². The van der Waals surface area contributed by atoms with Gasteiger partial charge in [-0.1, -0.05) is 0 Å². The molecule has 3 aromatic heterocycles. The highest BCUT2D eigenvalue weighted by Crippen LogP contribution is 2.30. The predicted octanol–water partition coefficient (Wildman–Crippen LogP) is 3.16. The lowest BCUT2D eigenvalue weighted by Crippen LogP contribution is -2.42.